The summed E-state index contributed by atoms with van der Waals surface area (Å²) >= 11 is 0. The summed E-state index contributed by atoms with van der Waals surface area (Å²) < 4.78 is 195. The summed E-state index contributed by atoms with van der Waals surface area (Å²) in [4.78, 5) is 136. The van der Waals surface area contributed by atoms with Gasteiger partial charge in [-0.1, -0.05) is 96.5 Å². The van der Waals surface area contributed by atoms with Crippen molar-refractivity contribution in [3.63, 3.8) is 0 Å². The van der Waals surface area contributed by atoms with Crippen molar-refractivity contribution in [2.24, 2.45) is 29.2 Å². The number of nitrogens with two attached hydrogens (primary N) is 2. The van der Waals surface area contributed by atoms with Crippen LogP contribution in [0.5, 0.6) is 0 Å². The Bertz CT molecular complexity index is 4930. The van der Waals surface area contributed by atoms with Crippen LogP contribution < -0.4 is 48.7 Å². The monoisotopic (exact) mass is 1890 g/mol. The molecule has 0 aliphatic heterocycles. The normalized spacial score (nSPS) is 14.5. The van der Waals surface area contributed by atoms with Gasteiger partial charge in [0.2, 0.25) is 117 Å². The molecule has 706 valence electrons. The molecular weight excluding hydrogens is 1770 g/mol. The highest BCUT2D eigenvalue weighted by molar-refractivity contribution is 7.90. The van der Waals surface area contributed by atoms with Gasteiger partial charge in [-0.05, 0) is 92.9 Å². The number of hydrogen-bond acceptors (Lipinski definition) is 25. The molecular formula is C74H127N17O26S7. The smallest absolute Gasteiger partial charge is 0.303 e. The van der Waals surface area contributed by atoms with E-state index in [1.807, 2.05) is 13.8 Å². The summed E-state index contributed by atoms with van der Waals surface area (Å²) in [5, 5.41) is 38.3. The van der Waals surface area contributed by atoms with Crippen molar-refractivity contribution in [1.82, 2.24) is 72.3 Å². The number of nitrogens with one attached hydrogen (secondary N) is 8. The van der Waals surface area contributed by atoms with Gasteiger partial charge in [-0.3, -0.25) is 47.9 Å². The molecule has 0 saturated carbocycles. The lowest BCUT2D eigenvalue weighted by molar-refractivity contribution is -0.138. The highest BCUT2D eigenvalue weighted by atomic mass is 32.2. The number of amides is 8. The molecule has 124 heavy (non-hydrogen) atoms. The van der Waals surface area contributed by atoms with E-state index in [2.05, 4.69) is 42.2 Å². The van der Waals surface area contributed by atoms with Crippen molar-refractivity contribution >= 4 is 140 Å². The van der Waals surface area contributed by atoms with E-state index in [1.54, 1.807) is 88.5 Å². The number of rotatable bonds is 62. The summed E-state index contributed by atoms with van der Waals surface area (Å²) in [7, 11) is -30.7. The molecule has 0 aliphatic rings. The largest absolute Gasteiger partial charge is 0.481 e. The van der Waals surface area contributed by atoms with E-state index in [1.165, 1.54) is 6.92 Å². The van der Waals surface area contributed by atoms with E-state index >= 15 is 0 Å². The van der Waals surface area contributed by atoms with Gasteiger partial charge in [0.15, 0.2) is 0 Å². The number of aromatic nitrogens is 1. The fraction of sp³-hybridized carbons (Fsp3) is 0.676. The number of carbonyl (C=O) groups is 10. The molecule has 14 N–H and O–H groups in total. The van der Waals surface area contributed by atoms with Crippen molar-refractivity contribution in [3.05, 3.63) is 71.9 Å². The third-order valence-electron chi connectivity index (χ3n) is 19.0. The lowest BCUT2D eigenvalue weighted by Crippen LogP contribution is -2.55. The van der Waals surface area contributed by atoms with Crippen molar-refractivity contribution in [1.29, 1.82) is 0 Å². The molecule has 7 atom stereocenters. The first kappa shape index (κ1) is 110. The summed E-state index contributed by atoms with van der Waals surface area (Å²) in [5.74, 6) is -11.9. The molecule has 1 aromatic heterocycles. The Hall–Kier alpha value is -7.99. The molecule has 0 bridgehead atoms. The molecule has 50 heteroatoms. The number of hydrogen-bond donors (Lipinski definition) is 12. The number of primary amides is 1. The third-order valence-corrected chi connectivity index (χ3v) is 28.4. The van der Waals surface area contributed by atoms with E-state index in [4.69, 9.17) is 11.5 Å². The van der Waals surface area contributed by atoms with Gasteiger partial charge in [-0.2, -0.15) is 30.1 Å². The zero-order valence-electron chi connectivity index (χ0n) is 72.5. The molecule has 3 aromatic rings. The number of carboxylic acids is 2. The molecule has 0 fully saturated rings. The second kappa shape index (κ2) is 50.5. The Morgan fingerprint density at radius 2 is 0.702 bits per heavy atom. The van der Waals surface area contributed by atoms with Crippen LogP contribution in [0, 0.1) is 17.8 Å². The molecule has 3 rings (SSSR count). The second-order valence-corrected chi connectivity index (χ2v) is 46.3. The third kappa shape index (κ3) is 44.0. The van der Waals surface area contributed by atoms with E-state index in [0.29, 0.717) is 62.7 Å². The zero-order chi connectivity index (χ0) is 94.2. The number of unbranched alkanes of at least 4 members (excludes halogenated alkanes) is 1. The SMILES string of the molecule is CC(=O)N[C@@H](CC(C)C)CN(CC(=O)N[C@@H](Cc1ccccc1)CN(CC(=O)N[C@@H](CCC(=O)O)CN(CC(=O)N[C@@H](Cc1c[nH]c2ccccc12)CN(CC(=O)N[C@@H](CCCCN)CN(CC(=O)N[C@@H](CC(C)C)CN(CC(=O)N[C@@H](CCC(=O)O)CN(CC(N)=O)S(C)(=O)=O)S(=O)(=O)CC(C)C)S(C)(=O)=O)S(C)(=O)=O)S(C)(=O)=O)S(C)(=O)=O)S(C)(=O)=O. The van der Waals surface area contributed by atoms with E-state index in [9.17, 15) is 117 Å². The highest BCUT2D eigenvalue weighted by Crippen LogP contribution is 2.22. The number of benzene rings is 2. The van der Waals surface area contributed by atoms with Crippen molar-refractivity contribution in [3.8, 4) is 0 Å². The van der Waals surface area contributed by atoms with Gasteiger partial charge in [0.1, 0.15) is 0 Å². The summed E-state index contributed by atoms with van der Waals surface area (Å²) in [6, 6.07) is 6.76. The van der Waals surface area contributed by atoms with Crippen molar-refractivity contribution in [2.75, 3.05) is 141 Å². The number of nitrogens with zero attached hydrogens (tertiary/aromatic N) is 7. The molecule has 0 radical (unpaired) electrons. The summed E-state index contributed by atoms with van der Waals surface area (Å²) in [6.45, 7) is 0.614. The summed E-state index contributed by atoms with van der Waals surface area (Å²) in [6.07, 6.45) is 4.46. The Labute approximate surface area is 729 Å². The van der Waals surface area contributed by atoms with Crippen LogP contribution in [0.15, 0.2) is 60.8 Å². The fourth-order valence-electron chi connectivity index (χ4n) is 13.5. The molecule has 1 heterocycles. The van der Waals surface area contributed by atoms with E-state index < -0.39 is 288 Å². The highest BCUT2D eigenvalue weighted by Gasteiger charge is 2.37. The number of sulfonamides is 7. The lowest BCUT2D eigenvalue weighted by atomic mass is 10.0. The zero-order valence-corrected chi connectivity index (χ0v) is 78.2. The number of carboxylic acid groups (broad SMARTS) is 2. The van der Waals surface area contributed by atoms with Crippen LogP contribution in [-0.4, -0.2) is 347 Å². The number of para-hydroxylation sites is 1. The number of carbonyl (C=O) groups excluding carboxylic acids is 8. The molecule has 0 aliphatic carbocycles. The van der Waals surface area contributed by atoms with Crippen LogP contribution in [0.25, 0.3) is 10.9 Å². The minimum Gasteiger partial charge on any atom is -0.481 e. The van der Waals surface area contributed by atoms with Crippen molar-refractivity contribution in [2.45, 2.75) is 161 Å². The Kier molecular flexibility index (Phi) is 44.9. The molecule has 43 nitrogen and oxygen atoms in total. The van der Waals surface area contributed by atoms with Crippen LogP contribution in [0.1, 0.15) is 117 Å². The number of fused-ring (bicyclic) bond motifs is 1. The first-order valence-electron chi connectivity index (χ1n) is 39.8. The second-order valence-electron chi connectivity index (χ2n) is 32.4. The van der Waals surface area contributed by atoms with Crippen LogP contribution in [-0.2, 0) is 131 Å². The van der Waals surface area contributed by atoms with Gasteiger partial charge < -0.3 is 63.9 Å². The Morgan fingerprint density at radius 3 is 1.06 bits per heavy atom. The number of aromatic amines is 1. The predicted molar refractivity (Wildman–Crippen MR) is 465 cm³/mol. The first-order valence-corrected chi connectivity index (χ1v) is 52.5. The van der Waals surface area contributed by atoms with Crippen LogP contribution >= 0.6 is 0 Å². The van der Waals surface area contributed by atoms with Gasteiger partial charge in [0.25, 0.3) is 0 Å². The molecule has 0 unspecified atom stereocenters. The molecule has 2 aromatic carbocycles. The molecule has 0 spiro atoms. The van der Waals surface area contributed by atoms with Gasteiger partial charge in [0, 0.05) is 125 Å². The minimum atomic E-state index is -4.57. The predicted octanol–water partition coefficient (Wildman–Crippen LogP) is -3.34. The maximum absolute atomic E-state index is 14.6. The Morgan fingerprint density at radius 1 is 0.387 bits per heavy atom. The fourth-order valence-corrected chi connectivity index (χ4v) is 20.1. The summed E-state index contributed by atoms with van der Waals surface area (Å²) in [5.41, 5.74) is 12.8. The number of H-pyrrole nitrogens is 1. The maximum atomic E-state index is 14.6. The maximum Gasteiger partial charge on any atom is 0.303 e. The van der Waals surface area contributed by atoms with Crippen LogP contribution in [0.4, 0.5) is 0 Å². The number of aliphatic carboxylic acids is 2. The molecule has 0 saturated heterocycles. The quantitative estimate of drug-likeness (QED) is 0.0246. The average Bonchev–Trinajstić information content (AvgIpc) is 1.68. The van der Waals surface area contributed by atoms with Crippen LogP contribution in [0.3, 0.4) is 0 Å². The van der Waals surface area contributed by atoms with Gasteiger partial charge in [-0.15, -0.1) is 0 Å². The van der Waals surface area contributed by atoms with E-state index in [0.717, 1.165) is 39.9 Å². The molecule has 8 amide bonds. The van der Waals surface area contributed by atoms with Gasteiger partial charge in [-0.25, -0.2) is 58.9 Å². The minimum absolute atomic E-state index is 0.0119. The van der Waals surface area contributed by atoms with Gasteiger partial charge in [0.05, 0.1) is 89.1 Å². The first-order chi connectivity index (χ1) is 57.1. The van der Waals surface area contributed by atoms with Crippen molar-refractivity contribution < 1.29 is 117 Å². The average molecular weight is 1900 g/mol. The Balaban J connectivity index is 2.02. The topological polar surface area (TPSA) is 625 Å². The lowest BCUT2D eigenvalue weighted by Gasteiger charge is -2.31. The van der Waals surface area contributed by atoms with Gasteiger partial charge >= 0.3 is 11.9 Å². The van der Waals surface area contributed by atoms with E-state index in [-0.39, 0.29) is 63.5 Å². The standard InChI is InChI=1S/C74H127N17O26S7/c1-51(2)31-60(78-54(7)92)39-88(121(11,110)111)48-70(97)83-62(33-55-21-15-14-16-22-55)40-89(122(12,112)113)45-68(95)80-59(27-29-74(102)103)38-87(120(10,108)109)47-71(98)84-63(34-56-35-77-65-25-18-17-24-64(56)65)41-90(123(13,114)115)44-67(94)79-57(23-19-20-30-75)36-86(119(9,106)107)46-69(96)82-61(32-52(3)4)42-91(124(116,117)50-53(5)6)49-72(99)81-58(26-28-73(100)101)37-85(43-66(76)93)118(8,104)105/h14-18,21-22,24-25,35,51-53,57-63,77H,19-20,23,26-34,36-50,75H2,1-13H3,(H2,76,93)(H,78,92)(H,79,94)(H,80,95)(H,81,99)(H,82,96)(H,83,97)(H,84,98)(H,100,101)(H,102,103)/t57-,58-,59-,60-,61-,62-,63-/m0/s1. The van der Waals surface area contributed by atoms with Crippen LogP contribution in [0.2, 0.25) is 0 Å².